The number of nitrogens with two attached hydrogens (primary N) is 1. The van der Waals surface area contributed by atoms with Crippen LogP contribution in [0.3, 0.4) is 0 Å². The molecule has 0 spiro atoms. The predicted molar refractivity (Wildman–Crippen MR) is 64.5 cm³/mol. The van der Waals surface area contributed by atoms with Gasteiger partial charge in [0.05, 0.1) is 0 Å². The first-order valence-electron chi connectivity index (χ1n) is 5.44. The highest BCUT2D eigenvalue weighted by atomic mass is 16.4. The Balaban J connectivity index is 0. The molecule has 1 atom stereocenters. The van der Waals surface area contributed by atoms with Crippen LogP contribution < -0.4 is 5.73 Å². The molecule has 3 N–H and O–H groups in total. The quantitative estimate of drug-likeness (QED) is 0.509. The minimum Gasteiger partial charge on any atom is -0.480 e. The number of rotatable bonds is 6. The van der Waals surface area contributed by atoms with E-state index in [9.17, 15) is 4.79 Å². The van der Waals surface area contributed by atoms with Crippen LogP contribution in [-0.4, -0.2) is 31.8 Å². The van der Waals surface area contributed by atoms with Gasteiger partial charge < -0.3 is 15.5 Å². The number of carboxylic acid groups (broad SMARTS) is 1. The molecule has 0 saturated heterocycles. The van der Waals surface area contributed by atoms with Gasteiger partial charge in [-0.1, -0.05) is 33.6 Å². The van der Waals surface area contributed by atoms with Gasteiger partial charge in [0.15, 0.2) is 0 Å². The molecule has 15 heavy (non-hydrogen) atoms. The Kier molecular flexibility index (Phi) is 13.0. The second-order valence-corrected chi connectivity index (χ2v) is 3.81. The summed E-state index contributed by atoms with van der Waals surface area (Å²) in [5.41, 5.74) is 5.16. The van der Waals surface area contributed by atoms with Gasteiger partial charge in [0.2, 0.25) is 0 Å². The van der Waals surface area contributed by atoms with Gasteiger partial charge in [-0.15, -0.1) is 0 Å². The van der Waals surface area contributed by atoms with E-state index >= 15 is 0 Å². The third-order valence-corrected chi connectivity index (χ3v) is 1.96. The average Bonchev–Trinajstić information content (AvgIpc) is 2.18. The molecule has 0 unspecified atom stereocenters. The van der Waals surface area contributed by atoms with E-state index < -0.39 is 12.0 Å². The lowest BCUT2D eigenvalue weighted by molar-refractivity contribution is -0.139. The highest BCUT2D eigenvalue weighted by molar-refractivity contribution is 5.97. The minimum atomic E-state index is -0.931. The highest BCUT2D eigenvalue weighted by Crippen LogP contribution is 1.96. The Morgan fingerprint density at radius 3 is 2.20 bits per heavy atom. The molecule has 0 radical (unpaired) electrons. The lowest BCUT2D eigenvalue weighted by Crippen LogP contribution is -2.34. The summed E-state index contributed by atoms with van der Waals surface area (Å²) < 4.78 is 4.84. The number of hydrogen-bond acceptors (Lipinski definition) is 3. The van der Waals surface area contributed by atoms with E-state index in [1.165, 1.54) is 19.3 Å². The Labute approximate surface area is 93.6 Å². The van der Waals surface area contributed by atoms with Crippen LogP contribution >= 0.6 is 0 Å². The van der Waals surface area contributed by atoms with Gasteiger partial charge in [0.25, 0.3) is 8.05 Å². The molecule has 0 aromatic rings. The van der Waals surface area contributed by atoms with Crippen molar-refractivity contribution in [3.8, 4) is 0 Å². The molecule has 0 aromatic heterocycles. The van der Waals surface area contributed by atoms with Crippen LogP contribution in [0.25, 0.3) is 0 Å². The molecule has 5 heteroatoms. The maximum atomic E-state index is 10.0. The Hall–Kier alpha value is -0.545. The zero-order chi connectivity index (χ0) is 12.3. The number of carboxylic acids is 1. The molecule has 0 saturated carbocycles. The smallest absolute Gasteiger partial charge is 0.320 e. The summed E-state index contributed by atoms with van der Waals surface area (Å²) in [5.74, 6) is -0.910. The first kappa shape index (κ1) is 16.9. The number of aliphatic carboxylic acids is 1. The molecule has 0 aliphatic carbocycles. The monoisotopic (exact) mass is 217 g/mol. The molecule has 0 aromatic carbocycles. The van der Waals surface area contributed by atoms with Gasteiger partial charge in [-0.25, -0.2) is 0 Å². The van der Waals surface area contributed by atoms with Crippen molar-refractivity contribution in [2.75, 3.05) is 6.61 Å². The summed E-state index contributed by atoms with van der Waals surface area (Å²) in [5, 5.41) is 8.23. The summed E-state index contributed by atoms with van der Waals surface area (Å²) in [6.07, 6.45) is 3.80. The van der Waals surface area contributed by atoms with Crippen molar-refractivity contribution in [2.24, 2.45) is 11.7 Å². The largest absolute Gasteiger partial charge is 0.480 e. The molecular formula is C10H24BNO3. The van der Waals surface area contributed by atoms with E-state index in [4.69, 9.17) is 15.5 Å². The number of hydrogen-bond donors (Lipinski definition) is 2. The molecule has 0 aliphatic heterocycles. The minimum absolute atomic E-state index is 0.0208. The number of unbranched alkanes of at least 4 members (excludes halogenated alkanes) is 2. The van der Waals surface area contributed by atoms with Crippen molar-refractivity contribution in [3.63, 3.8) is 0 Å². The zero-order valence-electron chi connectivity index (χ0n) is 10.3. The fourth-order valence-corrected chi connectivity index (χ4v) is 0.782. The van der Waals surface area contributed by atoms with Crippen LogP contribution in [0, 0.1) is 5.92 Å². The molecule has 0 rings (SSSR count). The average molecular weight is 217 g/mol. The molecule has 0 bridgehead atoms. The second-order valence-electron chi connectivity index (χ2n) is 3.81. The van der Waals surface area contributed by atoms with E-state index in [1.807, 2.05) is 0 Å². The van der Waals surface area contributed by atoms with Crippen molar-refractivity contribution >= 4 is 14.0 Å². The van der Waals surface area contributed by atoms with E-state index in [0.29, 0.717) is 0 Å². The lowest BCUT2D eigenvalue weighted by Gasteiger charge is -2.07. The summed E-state index contributed by atoms with van der Waals surface area (Å²) in [6, 6.07) is -0.713. The summed E-state index contributed by atoms with van der Waals surface area (Å²) in [4.78, 5) is 10.0. The fraction of sp³-hybridized carbons (Fsp3) is 0.900. The lowest BCUT2D eigenvalue weighted by atomic mass is 10.1. The van der Waals surface area contributed by atoms with Gasteiger partial charge in [-0.05, 0) is 12.3 Å². The van der Waals surface area contributed by atoms with Gasteiger partial charge in [0, 0.05) is 6.61 Å². The first-order valence-corrected chi connectivity index (χ1v) is 5.44. The second kappa shape index (κ2) is 11.5. The van der Waals surface area contributed by atoms with Crippen LogP contribution in [0.15, 0.2) is 0 Å². The maximum Gasteiger partial charge on any atom is 0.320 e. The van der Waals surface area contributed by atoms with Crippen LogP contribution in [0.5, 0.6) is 0 Å². The van der Waals surface area contributed by atoms with Crippen molar-refractivity contribution in [3.05, 3.63) is 0 Å². The third kappa shape index (κ3) is 13.5. The van der Waals surface area contributed by atoms with Crippen molar-refractivity contribution < 1.29 is 14.6 Å². The number of carbonyl (C=O) groups is 1. The van der Waals surface area contributed by atoms with E-state index in [-0.39, 0.29) is 5.92 Å². The normalized spacial score (nSPS) is 11.8. The molecule has 0 fully saturated rings. The summed E-state index contributed by atoms with van der Waals surface area (Å²) >= 11 is 0. The highest BCUT2D eigenvalue weighted by Gasteiger charge is 2.14. The first-order chi connectivity index (χ1) is 6.97. The fourth-order valence-electron chi connectivity index (χ4n) is 0.782. The Morgan fingerprint density at radius 1 is 1.47 bits per heavy atom. The van der Waals surface area contributed by atoms with Gasteiger partial charge in [-0.2, -0.15) is 0 Å². The summed E-state index contributed by atoms with van der Waals surface area (Å²) in [6.45, 7) is 6.67. The van der Waals surface area contributed by atoms with Crippen molar-refractivity contribution in [2.45, 2.75) is 46.1 Å². The zero-order valence-corrected chi connectivity index (χ0v) is 10.3. The molecule has 0 amide bonds. The SMILES string of the molecule is BOCCCCC.CC(C)[C@H](N)C(=O)O. The van der Waals surface area contributed by atoms with E-state index in [2.05, 4.69) is 6.92 Å². The topological polar surface area (TPSA) is 72.5 Å². The van der Waals surface area contributed by atoms with Crippen LogP contribution in [0.1, 0.15) is 40.0 Å². The van der Waals surface area contributed by atoms with Crippen molar-refractivity contribution in [1.29, 1.82) is 0 Å². The van der Waals surface area contributed by atoms with Crippen LogP contribution in [0.4, 0.5) is 0 Å². The molecule has 0 aliphatic rings. The molecule has 90 valence electrons. The Morgan fingerprint density at radius 2 is 2.00 bits per heavy atom. The predicted octanol–water partition coefficient (Wildman–Crippen LogP) is 0.796. The van der Waals surface area contributed by atoms with Gasteiger partial charge in [-0.3, -0.25) is 4.79 Å². The molecule has 0 heterocycles. The standard InChI is InChI=1S/C5H13BO.C5H11NO2/c1-2-3-4-5-7-6;1-3(2)4(6)5(7)8/h2-6H2,1H3;3-4H,6H2,1-2H3,(H,7,8)/t;4-/m.0/s1. The van der Waals surface area contributed by atoms with E-state index in [0.717, 1.165) is 6.61 Å². The third-order valence-electron chi connectivity index (χ3n) is 1.96. The van der Waals surface area contributed by atoms with E-state index in [1.54, 1.807) is 21.9 Å². The van der Waals surface area contributed by atoms with Crippen molar-refractivity contribution in [1.82, 2.24) is 0 Å². The van der Waals surface area contributed by atoms with Crippen LogP contribution in [0.2, 0.25) is 0 Å². The van der Waals surface area contributed by atoms with Gasteiger partial charge in [0.1, 0.15) is 6.04 Å². The van der Waals surface area contributed by atoms with Gasteiger partial charge >= 0.3 is 5.97 Å². The van der Waals surface area contributed by atoms with Crippen LogP contribution in [-0.2, 0) is 9.45 Å². The molecule has 4 nitrogen and oxygen atoms in total. The maximum absolute atomic E-state index is 10.0. The summed E-state index contributed by atoms with van der Waals surface area (Å²) in [7, 11) is 1.75. The Bertz CT molecular complexity index is 150. The molecular weight excluding hydrogens is 193 g/mol.